The molecule has 0 aromatic heterocycles. The van der Waals surface area contributed by atoms with Crippen LogP contribution in [0.3, 0.4) is 0 Å². The molecule has 0 bridgehead atoms. The van der Waals surface area contributed by atoms with E-state index in [2.05, 4.69) is 0 Å². The highest BCUT2D eigenvalue weighted by Gasteiger charge is 2.21. The molecule has 17 heavy (non-hydrogen) atoms. The molecule has 92 valence electrons. The van der Waals surface area contributed by atoms with Crippen LogP contribution in [0.2, 0.25) is 0 Å². The molecule has 1 saturated heterocycles. The normalized spacial score (nSPS) is 15.4. The van der Waals surface area contributed by atoms with E-state index in [1.807, 2.05) is 13.0 Å². The zero-order valence-electron chi connectivity index (χ0n) is 9.86. The first-order chi connectivity index (χ1) is 8.11. The van der Waals surface area contributed by atoms with E-state index in [0.29, 0.717) is 16.5 Å². The molecule has 2 rings (SSSR count). The highest BCUT2D eigenvalue weighted by atomic mass is 32.2. The number of hydrogen-bond donors (Lipinski definition) is 1. The molecule has 1 aromatic carbocycles. The van der Waals surface area contributed by atoms with Gasteiger partial charge in [0.15, 0.2) is 0 Å². The van der Waals surface area contributed by atoms with Gasteiger partial charge in [0.1, 0.15) is 0 Å². The van der Waals surface area contributed by atoms with Crippen LogP contribution in [0, 0.1) is 6.92 Å². The second kappa shape index (κ2) is 4.98. The summed E-state index contributed by atoms with van der Waals surface area (Å²) >= 11 is 1.71. The van der Waals surface area contributed by atoms with Crippen LogP contribution in [0.4, 0.5) is 5.69 Å². The Morgan fingerprint density at radius 3 is 2.76 bits per heavy atom. The van der Waals surface area contributed by atoms with Crippen molar-refractivity contribution in [1.82, 2.24) is 0 Å². The van der Waals surface area contributed by atoms with Crippen LogP contribution >= 0.6 is 11.8 Å². The van der Waals surface area contributed by atoms with Crippen molar-refractivity contribution in [2.24, 2.45) is 0 Å². The number of carbonyl (C=O) groups excluding carboxylic acids is 1. The Bertz CT molecular complexity index is 444. The van der Waals surface area contributed by atoms with Crippen molar-refractivity contribution in [2.45, 2.75) is 17.1 Å². The summed E-state index contributed by atoms with van der Waals surface area (Å²) in [6, 6.07) is 3.78. The molecule has 0 spiro atoms. The molecule has 0 saturated carbocycles. The van der Waals surface area contributed by atoms with E-state index < -0.39 is 5.97 Å². The number of nitrogens with two attached hydrogens (primary N) is 1. The van der Waals surface area contributed by atoms with Crippen molar-refractivity contribution >= 4 is 23.4 Å². The van der Waals surface area contributed by atoms with Gasteiger partial charge in [0.2, 0.25) is 0 Å². The van der Waals surface area contributed by atoms with Crippen LogP contribution in [0.15, 0.2) is 17.0 Å². The van der Waals surface area contributed by atoms with E-state index in [4.69, 9.17) is 15.2 Å². The first-order valence-electron chi connectivity index (χ1n) is 5.34. The average Bonchev–Trinajstić information content (AvgIpc) is 2.27. The number of thioether (sulfide) groups is 1. The van der Waals surface area contributed by atoms with Gasteiger partial charge in [0.25, 0.3) is 0 Å². The van der Waals surface area contributed by atoms with Gasteiger partial charge in [-0.25, -0.2) is 4.79 Å². The number of benzene rings is 1. The number of hydrogen-bond acceptors (Lipinski definition) is 5. The summed E-state index contributed by atoms with van der Waals surface area (Å²) in [5.41, 5.74) is 7.70. The molecule has 1 aromatic rings. The molecule has 0 unspecified atom stereocenters. The summed E-state index contributed by atoms with van der Waals surface area (Å²) < 4.78 is 9.84. The minimum Gasteiger partial charge on any atom is -0.465 e. The van der Waals surface area contributed by atoms with Gasteiger partial charge in [-0.05, 0) is 24.6 Å². The van der Waals surface area contributed by atoms with Gasteiger partial charge in [-0.15, -0.1) is 11.8 Å². The third-order valence-electron chi connectivity index (χ3n) is 2.68. The van der Waals surface area contributed by atoms with Crippen LogP contribution in [-0.4, -0.2) is 31.5 Å². The molecule has 0 aliphatic carbocycles. The van der Waals surface area contributed by atoms with Crippen molar-refractivity contribution < 1.29 is 14.3 Å². The molecule has 0 amide bonds. The van der Waals surface area contributed by atoms with Crippen molar-refractivity contribution in [3.8, 4) is 0 Å². The van der Waals surface area contributed by atoms with Gasteiger partial charge >= 0.3 is 5.97 Å². The van der Waals surface area contributed by atoms with Crippen LogP contribution in [0.5, 0.6) is 0 Å². The Kier molecular flexibility index (Phi) is 3.59. The maximum Gasteiger partial charge on any atom is 0.340 e. The molecular weight excluding hydrogens is 238 g/mol. The maximum atomic E-state index is 11.6. The summed E-state index contributed by atoms with van der Waals surface area (Å²) in [6.07, 6.45) is 0. The highest BCUT2D eigenvalue weighted by Crippen LogP contribution is 2.32. The standard InChI is InChI=1S/C12H15NO3S/c1-7-3-8(17-9-5-16-6-9)4-10(11(7)13)12(14)15-2/h3-4,9H,5-6,13H2,1-2H3. The summed E-state index contributed by atoms with van der Waals surface area (Å²) in [6.45, 7) is 3.42. The van der Waals surface area contributed by atoms with Crippen LogP contribution < -0.4 is 5.73 Å². The lowest BCUT2D eigenvalue weighted by Crippen LogP contribution is -2.30. The van der Waals surface area contributed by atoms with Gasteiger partial charge in [0.05, 0.1) is 31.1 Å². The van der Waals surface area contributed by atoms with E-state index in [1.165, 1.54) is 7.11 Å². The second-order valence-corrected chi connectivity index (χ2v) is 5.34. The average molecular weight is 253 g/mol. The maximum absolute atomic E-state index is 11.6. The molecule has 1 heterocycles. The quantitative estimate of drug-likeness (QED) is 0.658. The zero-order chi connectivity index (χ0) is 12.4. The molecule has 4 nitrogen and oxygen atoms in total. The Hall–Kier alpha value is -1.20. The van der Waals surface area contributed by atoms with Gasteiger partial charge in [-0.2, -0.15) is 0 Å². The number of ether oxygens (including phenoxy) is 2. The van der Waals surface area contributed by atoms with Crippen LogP contribution in [0.1, 0.15) is 15.9 Å². The van der Waals surface area contributed by atoms with Gasteiger partial charge in [-0.3, -0.25) is 0 Å². The Balaban J connectivity index is 2.27. The van der Waals surface area contributed by atoms with Crippen LogP contribution in [0.25, 0.3) is 0 Å². The molecule has 2 N–H and O–H groups in total. The predicted octanol–water partition coefficient (Wildman–Crippen LogP) is 1.85. The molecule has 5 heteroatoms. The molecule has 1 aliphatic heterocycles. The Morgan fingerprint density at radius 1 is 1.53 bits per heavy atom. The molecule has 0 atom stereocenters. The van der Waals surface area contributed by atoms with E-state index in [0.717, 1.165) is 23.7 Å². The van der Waals surface area contributed by atoms with Gasteiger partial charge in [0, 0.05) is 10.6 Å². The minimum absolute atomic E-state index is 0.391. The smallest absolute Gasteiger partial charge is 0.340 e. The first kappa shape index (κ1) is 12.3. The second-order valence-electron chi connectivity index (χ2n) is 3.97. The highest BCUT2D eigenvalue weighted by molar-refractivity contribution is 8.00. The molecule has 0 radical (unpaired) electrons. The number of rotatable bonds is 3. The lowest BCUT2D eigenvalue weighted by Gasteiger charge is -2.25. The van der Waals surface area contributed by atoms with Crippen LogP contribution in [-0.2, 0) is 9.47 Å². The summed E-state index contributed by atoms with van der Waals surface area (Å²) in [7, 11) is 1.36. The summed E-state index contributed by atoms with van der Waals surface area (Å²) in [5, 5.41) is 0.475. The SMILES string of the molecule is COC(=O)c1cc(SC2COC2)cc(C)c1N. The van der Waals surface area contributed by atoms with E-state index in [1.54, 1.807) is 17.8 Å². The summed E-state index contributed by atoms with van der Waals surface area (Å²) in [5.74, 6) is -0.391. The Labute approximate surface area is 104 Å². The largest absolute Gasteiger partial charge is 0.465 e. The first-order valence-corrected chi connectivity index (χ1v) is 6.22. The third-order valence-corrected chi connectivity index (χ3v) is 3.79. The lowest BCUT2D eigenvalue weighted by atomic mass is 10.1. The monoisotopic (exact) mass is 253 g/mol. The number of methoxy groups -OCH3 is 1. The molecule has 1 fully saturated rings. The topological polar surface area (TPSA) is 61.5 Å². The number of nitrogen functional groups attached to an aromatic ring is 1. The zero-order valence-corrected chi connectivity index (χ0v) is 10.7. The predicted molar refractivity (Wildman–Crippen MR) is 67.4 cm³/mol. The van der Waals surface area contributed by atoms with E-state index >= 15 is 0 Å². The van der Waals surface area contributed by atoms with Crippen molar-refractivity contribution in [3.63, 3.8) is 0 Å². The number of esters is 1. The third kappa shape index (κ3) is 2.56. The minimum atomic E-state index is -0.391. The number of aryl methyl sites for hydroxylation is 1. The fourth-order valence-electron chi connectivity index (χ4n) is 1.59. The van der Waals surface area contributed by atoms with E-state index in [9.17, 15) is 4.79 Å². The van der Waals surface area contributed by atoms with Crippen molar-refractivity contribution in [3.05, 3.63) is 23.3 Å². The fourth-order valence-corrected chi connectivity index (χ4v) is 2.73. The number of anilines is 1. The fraction of sp³-hybridized carbons (Fsp3) is 0.417. The number of carbonyl (C=O) groups is 1. The van der Waals surface area contributed by atoms with Crippen molar-refractivity contribution in [2.75, 3.05) is 26.1 Å². The van der Waals surface area contributed by atoms with E-state index in [-0.39, 0.29) is 0 Å². The summed E-state index contributed by atoms with van der Waals surface area (Å²) in [4.78, 5) is 12.6. The molecule has 1 aliphatic rings. The van der Waals surface area contributed by atoms with Gasteiger partial charge < -0.3 is 15.2 Å². The Morgan fingerprint density at radius 2 is 2.24 bits per heavy atom. The lowest BCUT2D eigenvalue weighted by molar-refractivity contribution is 0.0455. The molecular formula is C12H15NO3S. The van der Waals surface area contributed by atoms with Crippen molar-refractivity contribution in [1.29, 1.82) is 0 Å². The van der Waals surface area contributed by atoms with Gasteiger partial charge in [-0.1, -0.05) is 0 Å².